The van der Waals surface area contributed by atoms with Crippen LogP contribution >= 0.6 is 0 Å². The molecular weight excluding hydrogens is 398 g/mol. The molecule has 1 atom stereocenters. The molecule has 1 aromatic carbocycles. The number of amides is 1. The van der Waals surface area contributed by atoms with E-state index in [1.807, 2.05) is 31.2 Å². The van der Waals surface area contributed by atoms with Crippen molar-refractivity contribution in [1.82, 2.24) is 20.0 Å². The minimum Gasteiger partial charge on any atom is -0.465 e. The lowest BCUT2D eigenvalue weighted by Crippen LogP contribution is -2.66. The summed E-state index contributed by atoms with van der Waals surface area (Å²) in [6.07, 6.45) is 2.11. The number of pyridine rings is 1. The van der Waals surface area contributed by atoms with E-state index in [0.717, 1.165) is 5.56 Å². The molecule has 0 unspecified atom stereocenters. The van der Waals surface area contributed by atoms with E-state index in [1.165, 1.54) is 4.90 Å². The van der Waals surface area contributed by atoms with Crippen LogP contribution in [0.2, 0.25) is 0 Å². The van der Waals surface area contributed by atoms with E-state index in [0.29, 0.717) is 22.6 Å². The molecule has 4 rings (SSSR count). The molecule has 0 aliphatic carbocycles. The average molecular weight is 423 g/mol. The van der Waals surface area contributed by atoms with Gasteiger partial charge < -0.3 is 25.4 Å². The molecule has 31 heavy (non-hydrogen) atoms. The van der Waals surface area contributed by atoms with Crippen LogP contribution in [0.1, 0.15) is 43.4 Å². The van der Waals surface area contributed by atoms with Crippen molar-refractivity contribution in [3.8, 4) is 11.5 Å². The van der Waals surface area contributed by atoms with E-state index in [4.69, 9.17) is 10.3 Å². The SMILES string of the molecule is CC(C)c1ccc([C@](O)(c2cncc(-c3nc(N)no3)c2)C2(C)CN(C(=O)O)C2)cc1. The van der Waals surface area contributed by atoms with E-state index < -0.39 is 17.1 Å². The number of aromatic nitrogens is 3. The molecule has 9 nitrogen and oxygen atoms in total. The normalized spacial score (nSPS) is 17.3. The van der Waals surface area contributed by atoms with Gasteiger partial charge >= 0.3 is 6.09 Å². The standard InChI is InChI=1S/C22H25N5O4/c1-13(2)14-4-6-16(7-5-14)22(30,21(3)11-27(12-21)20(28)29)17-8-15(9-24-10-17)18-25-19(23)26-31-18/h4-10,13,30H,11-12H2,1-3H3,(H2,23,26)(H,28,29)/t22-/m0/s1. The van der Waals surface area contributed by atoms with Crippen LogP contribution in [0, 0.1) is 5.41 Å². The number of aliphatic hydroxyl groups is 1. The maximum Gasteiger partial charge on any atom is 0.407 e. The first-order chi connectivity index (χ1) is 14.6. The summed E-state index contributed by atoms with van der Waals surface area (Å²) in [7, 11) is 0. The number of carbonyl (C=O) groups is 1. The minimum absolute atomic E-state index is 0.00277. The molecular formula is C22H25N5O4. The molecule has 1 saturated heterocycles. The Bertz CT molecular complexity index is 1110. The number of nitrogens with zero attached hydrogens (tertiary/aromatic N) is 4. The molecule has 2 aromatic heterocycles. The van der Waals surface area contributed by atoms with Crippen LogP contribution in [0.5, 0.6) is 0 Å². The highest BCUT2D eigenvalue weighted by Gasteiger charge is 2.57. The molecule has 1 aliphatic rings. The molecule has 3 aromatic rings. The van der Waals surface area contributed by atoms with Gasteiger partial charge in [0.25, 0.3) is 11.8 Å². The smallest absolute Gasteiger partial charge is 0.407 e. The highest BCUT2D eigenvalue weighted by molar-refractivity contribution is 5.67. The Balaban J connectivity index is 1.82. The molecule has 1 aliphatic heterocycles. The van der Waals surface area contributed by atoms with Gasteiger partial charge in [-0.05, 0) is 28.3 Å². The summed E-state index contributed by atoms with van der Waals surface area (Å²) in [6.45, 7) is 6.44. The third-order valence-corrected chi connectivity index (χ3v) is 6.06. The molecule has 9 heteroatoms. The van der Waals surface area contributed by atoms with Crippen molar-refractivity contribution in [2.75, 3.05) is 18.8 Å². The Hall–Kier alpha value is -3.46. The highest BCUT2D eigenvalue weighted by atomic mass is 16.5. The molecule has 1 amide bonds. The lowest BCUT2D eigenvalue weighted by molar-refractivity contribution is -0.124. The number of nitrogen functional groups attached to an aromatic ring is 1. The summed E-state index contributed by atoms with van der Waals surface area (Å²) in [5.74, 6) is 0.537. The fraction of sp³-hybridized carbons (Fsp3) is 0.364. The predicted molar refractivity (Wildman–Crippen MR) is 113 cm³/mol. The van der Waals surface area contributed by atoms with E-state index in [-0.39, 0.29) is 24.9 Å². The zero-order valence-electron chi connectivity index (χ0n) is 17.6. The number of nitrogens with two attached hydrogens (primary N) is 1. The van der Waals surface area contributed by atoms with Gasteiger partial charge in [0.1, 0.15) is 5.60 Å². The van der Waals surface area contributed by atoms with Crippen molar-refractivity contribution >= 4 is 12.0 Å². The van der Waals surface area contributed by atoms with Gasteiger partial charge in [-0.2, -0.15) is 4.98 Å². The first kappa shape index (κ1) is 20.8. The van der Waals surface area contributed by atoms with Gasteiger partial charge in [0, 0.05) is 36.5 Å². The number of hydrogen-bond donors (Lipinski definition) is 3. The van der Waals surface area contributed by atoms with Gasteiger partial charge in [0.05, 0.1) is 5.56 Å². The molecule has 162 valence electrons. The number of hydrogen-bond acceptors (Lipinski definition) is 7. The highest BCUT2D eigenvalue weighted by Crippen LogP contribution is 2.51. The topological polar surface area (TPSA) is 139 Å². The first-order valence-corrected chi connectivity index (χ1v) is 10.00. The van der Waals surface area contributed by atoms with Crippen LogP contribution in [0.3, 0.4) is 0 Å². The largest absolute Gasteiger partial charge is 0.465 e. The quantitative estimate of drug-likeness (QED) is 0.569. The van der Waals surface area contributed by atoms with Gasteiger partial charge in [-0.15, -0.1) is 0 Å². The second kappa shape index (κ2) is 7.35. The summed E-state index contributed by atoms with van der Waals surface area (Å²) in [5, 5.41) is 25.1. The second-order valence-corrected chi connectivity index (χ2v) is 8.61. The van der Waals surface area contributed by atoms with E-state index in [2.05, 4.69) is 29.0 Å². The van der Waals surface area contributed by atoms with Crippen molar-refractivity contribution in [1.29, 1.82) is 0 Å². The molecule has 1 fully saturated rings. The van der Waals surface area contributed by atoms with Crippen molar-refractivity contribution in [3.63, 3.8) is 0 Å². The Morgan fingerprint density at radius 1 is 1.23 bits per heavy atom. The summed E-state index contributed by atoms with van der Waals surface area (Å²) in [5.41, 5.74) is 6.13. The van der Waals surface area contributed by atoms with Crippen molar-refractivity contribution in [2.24, 2.45) is 5.41 Å². The zero-order chi connectivity index (χ0) is 22.4. The number of carboxylic acid groups (broad SMARTS) is 1. The van der Waals surface area contributed by atoms with E-state index in [1.54, 1.807) is 18.5 Å². The maximum atomic E-state index is 12.2. The van der Waals surface area contributed by atoms with E-state index >= 15 is 0 Å². The van der Waals surface area contributed by atoms with Gasteiger partial charge in [0.2, 0.25) is 0 Å². The lowest BCUT2D eigenvalue weighted by atomic mass is 9.62. The number of anilines is 1. The Morgan fingerprint density at radius 2 is 1.90 bits per heavy atom. The maximum absolute atomic E-state index is 12.2. The van der Waals surface area contributed by atoms with Crippen LogP contribution in [0.15, 0.2) is 47.2 Å². The van der Waals surface area contributed by atoms with Gasteiger partial charge in [0.15, 0.2) is 0 Å². The van der Waals surface area contributed by atoms with Gasteiger partial charge in [-0.3, -0.25) is 4.98 Å². The Kier molecular flexibility index (Phi) is 4.93. The average Bonchev–Trinajstić information content (AvgIpc) is 3.17. The van der Waals surface area contributed by atoms with E-state index in [9.17, 15) is 15.0 Å². The summed E-state index contributed by atoms with van der Waals surface area (Å²) >= 11 is 0. The molecule has 4 N–H and O–H groups in total. The third-order valence-electron chi connectivity index (χ3n) is 6.06. The summed E-state index contributed by atoms with van der Waals surface area (Å²) in [4.78, 5) is 21.0. The number of rotatable bonds is 5. The van der Waals surface area contributed by atoms with Crippen LogP contribution < -0.4 is 5.73 Å². The molecule has 0 saturated carbocycles. The van der Waals surface area contributed by atoms with Gasteiger partial charge in [-0.1, -0.05) is 45.0 Å². The number of benzene rings is 1. The van der Waals surface area contributed by atoms with Gasteiger partial charge in [-0.25, -0.2) is 4.79 Å². The summed E-state index contributed by atoms with van der Waals surface area (Å²) in [6, 6.07) is 9.48. The molecule has 0 bridgehead atoms. The molecule has 0 spiro atoms. The van der Waals surface area contributed by atoms with Crippen molar-refractivity contribution in [2.45, 2.75) is 32.3 Å². The van der Waals surface area contributed by atoms with Crippen LogP contribution in [-0.4, -0.2) is 49.4 Å². The first-order valence-electron chi connectivity index (χ1n) is 10.00. The third kappa shape index (κ3) is 3.40. The van der Waals surface area contributed by atoms with Crippen LogP contribution in [0.25, 0.3) is 11.5 Å². The minimum atomic E-state index is -1.50. The Labute approximate surface area is 179 Å². The molecule has 3 heterocycles. The Morgan fingerprint density at radius 3 is 2.45 bits per heavy atom. The summed E-state index contributed by atoms with van der Waals surface area (Å²) < 4.78 is 5.15. The molecule has 0 radical (unpaired) electrons. The fourth-order valence-electron chi connectivity index (χ4n) is 4.24. The van der Waals surface area contributed by atoms with Crippen molar-refractivity contribution in [3.05, 3.63) is 59.4 Å². The van der Waals surface area contributed by atoms with Crippen molar-refractivity contribution < 1.29 is 19.5 Å². The lowest BCUT2D eigenvalue weighted by Gasteiger charge is -2.55. The monoisotopic (exact) mass is 423 g/mol. The predicted octanol–water partition coefficient (Wildman–Crippen LogP) is 3.07. The van der Waals surface area contributed by atoms with Crippen LogP contribution in [0.4, 0.5) is 10.7 Å². The van der Waals surface area contributed by atoms with Crippen LogP contribution in [-0.2, 0) is 5.60 Å². The fourth-order valence-corrected chi connectivity index (χ4v) is 4.24. The second-order valence-electron chi connectivity index (χ2n) is 8.61. The zero-order valence-corrected chi connectivity index (χ0v) is 17.6. The number of likely N-dealkylation sites (tertiary alicyclic amines) is 1.